The molecule has 1 amide bonds. The first kappa shape index (κ1) is 21.3. The summed E-state index contributed by atoms with van der Waals surface area (Å²) in [7, 11) is 0. The van der Waals surface area contributed by atoms with Crippen molar-refractivity contribution in [1.82, 2.24) is 14.9 Å². The third kappa shape index (κ3) is 4.85. The first-order valence-corrected chi connectivity index (χ1v) is 10.1. The molecule has 0 saturated carbocycles. The van der Waals surface area contributed by atoms with E-state index in [0.29, 0.717) is 29.4 Å². The van der Waals surface area contributed by atoms with E-state index >= 15 is 0 Å². The molecule has 2 aromatic carbocycles. The van der Waals surface area contributed by atoms with Gasteiger partial charge < -0.3 is 14.6 Å². The van der Waals surface area contributed by atoms with Crippen LogP contribution in [0.4, 0.5) is 10.2 Å². The molecule has 2 heterocycles. The van der Waals surface area contributed by atoms with E-state index in [-0.39, 0.29) is 12.3 Å². The predicted molar refractivity (Wildman–Crippen MR) is 117 cm³/mol. The maximum absolute atomic E-state index is 13.4. The molecule has 164 valence electrons. The summed E-state index contributed by atoms with van der Waals surface area (Å²) in [4.78, 5) is 12.8. The van der Waals surface area contributed by atoms with Crippen LogP contribution in [0.5, 0.6) is 5.75 Å². The van der Waals surface area contributed by atoms with Crippen molar-refractivity contribution in [3.05, 3.63) is 94.3 Å². The van der Waals surface area contributed by atoms with Crippen LogP contribution in [-0.4, -0.2) is 20.8 Å². The van der Waals surface area contributed by atoms with Gasteiger partial charge in [-0.3, -0.25) is 9.48 Å². The van der Waals surface area contributed by atoms with Crippen molar-refractivity contribution in [2.24, 2.45) is 0 Å². The van der Waals surface area contributed by atoms with E-state index in [4.69, 9.17) is 9.26 Å². The number of benzene rings is 2. The van der Waals surface area contributed by atoms with E-state index in [1.54, 1.807) is 25.1 Å². The number of anilines is 1. The van der Waals surface area contributed by atoms with Crippen molar-refractivity contribution in [2.75, 3.05) is 5.32 Å². The van der Waals surface area contributed by atoms with Gasteiger partial charge in [0.2, 0.25) is 0 Å². The van der Waals surface area contributed by atoms with Gasteiger partial charge in [0.25, 0.3) is 5.91 Å². The SMILES string of the molecule is Cc1cccc(Cn2nc(NC(=O)c3noc(C)c3COc3cccc(F)c3)cc2C)c1. The minimum Gasteiger partial charge on any atom is -0.489 e. The zero-order valence-corrected chi connectivity index (χ0v) is 18.1. The number of rotatable bonds is 7. The molecule has 0 unspecified atom stereocenters. The number of halogens is 1. The van der Waals surface area contributed by atoms with Crippen LogP contribution in [0.3, 0.4) is 0 Å². The number of nitrogens with zero attached hydrogens (tertiary/aromatic N) is 3. The van der Waals surface area contributed by atoms with Crippen LogP contribution in [0.15, 0.2) is 59.1 Å². The van der Waals surface area contributed by atoms with Gasteiger partial charge in [-0.2, -0.15) is 5.10 Å². The van der Waals surface area contributed by atoms with Crippen LogP contribution in [0.1, 0.15) is 38.6 Å². The van der Waals surface area contributed by atoms with Crippen LogP contribution in [-0.2, 0) is 13.2 Å². The van der Waals surface area contributed by atoms with Gasteiger partial charge in [-0.15, -0.1) is 0 Å². The lowest BCUT2D eigenvalue weighted by molar-refractivity contribution is 0.101. The number of hydrogen-bond acceptors (Lipinski definition) is 5. The number of carbonyl (C=O) groups excluding carboxylic acids is 1. The van der Waals surface area contributed by atoms with Crippen molar-refractivity contribution in [2.45, 2.75) is 33.9 Å². The third-order valence-electron chi connectivity index (χ3n) is 5.02. The molecule has 4 rings (SSSR count). The van der Waals surface area contributed by atoms with E-state index in [1.165, 1.54) is 17.7 Å². The Hall–Kier alpha value is -3.94. The van der Waals surface area contributed by atoms with Gasteiger partial charge in [-0.05, 0) is 38.5 Å². The molecule has 0 bridgehead atoms. The molecule has 0 spiro atoms. The molecule has 4 aromatic rings. The van der Waals surface area contributed by atoms with Crippen LogP contribution in [0, 0.1) is 26.6 Å². The molecular weight excluding hydrogens is 411 g/mol. The van der Waals surface area contributed by atoms with E-state index < -0.39 is 11.7 Å². The number of carbonyl (C=O) groups is 1. The summed E-state index contributed by atoms with van der Waals surface area (Å²) in [5.41, 5.74) is 3.80. The van der Waals surface area contributed by atoms with Gasteiger partial charge in [0.1, 0.15) is 23.9 Å². The molecule has 0 atom stereocenters. The number of amides is 1. The van der Waals surface area contributed by atoms with E-state index in [9.17, 15) is 9.18 Å². The minimum absolute atomic E-state index is 0.0162. The highest BCUT2D eigenvalue weighted by atomic mass is 19.1. The van der Waals surface area contributed by atoms with Gasteiger partial charge in [0, 0.05) is 17.8 Å². The molecule has 0 aliphatic rings. The number of aromatic nitrogens is 3. The molecular formula is C24H23FN4O3. The summed E-state index contributed by atoms with van der Waals surface area (Å²) in [6.07, 6.45) is 0. The summed E-state index contributed by atoms with van der Waals surface area (Å²) >= 11 is 0. The Labute approximate surface area is 184 Å². The summed E-state index contributed by atoms with van der Waals surface area (Å²) in [6.45, 7) is 6.27. The van der Waals surface area contributed by atoms with Crippen molar-refractivity contribution in [3.63, 3.8) is 0 Å². The van der Waals surface area contributed by atoms with Crippen molar-refractivity contribution in [3.8, 4) is 5.75 Å². The highest BCUT2D eigenvalue weighted by Gasteiger charge is 2.21. The normalized spacial score (nSPS) is 10.9. The molecule has 0 fully saturated rings. The second kappa shape index (κ2) is 9.05. The fourth-order valence-corrected chi connectivity index (χ4v) is 3.34. The summed E-state index contributed by atoms with van der Waals surface area (Å²) < 4.78 is 26.0. The molecule has 32 heavy (non-hydrogen) atoms. The van der Waals surface area contributed by atoms with E-state index in [0.717, 1.165) is 11.3 Å². The number of hydrogen-bond donors (Lipinski definition) is 1. The monoisotopic (exact) mass is 434 g/mol. The van der Waals surface area contributed by atoms with Crippen LogP contribution >= 0.6 is 0 Å². The lowest BCUT2D eigenvalue weighted by atomic mass is 10.1. The molecule has 0 aliphatic heterocycles. The van der Waals surface area contributed by atoms with Crippen molar-refractivity contribution >= 4 is 11.7 Å². The average Bonchev–Trinajstić information content (AvgIpc) is 3.28. The second-order valence-corrected chi connectivity index (χ2v) is 7.58. The maximum atomic E-state index is 13.4. The Balaban J connectivity index is 1.46. The van der Waals surface area contributed by atoms with Crippen molar-refractivity contribution < 1.29 is 18.4 Å². The second-order valence-electron chi connectivity index (χ2n) is 7.58. The third-order valence-corrected chi connectivity index (χ3v) is 5.02. The van der Waals surface area contributed by atoms with E-state index in [2.05, 4.69) is 21.6 Å². The Morgan fingerprint density at radius 1 is 1.12 bits per heavy atom. The lowest BCUT2D eigenvalue weighted by Gasteiger charge is -2.07. The van der Waals surface area contributed by atoms with Crippen molar-refractivity contribution in [1.29, 1.82) is 0 Å². The Morgan fingerprint density at radius 2 is 1.94 bits per heavy atom. The molecule has 0 aliphatic carbocycles. The zero-order valence-electron chi connectivity index (χ0n) is 18.1. The predicted octanol–water partition coefficient (Wildman–Crippen LogP) is 4.82. The maximum Gasteiger partial charge on any atom is 0.279 e. The molecule has 8 heteroatoms. The largest absolute Gasteiger partial charge is 0.489 e. The van der Waals surface area contributed by atoms with Crippen LogP contribution < -0.4 is 10.1 Å². The fraction of sp³-hybridized carbons (Fsp3) is 0.208. The quantitative estimate of drug-likeness (QED) is 0.451. The lowest BCUT2D eigenvalue weighted by Crippen LogP contribution is -2.16. The topological polar surface area (TPSA) is 82.2 Å². The zero-order chi connectivity index (χ0) is 22.7. The molecule has 2 aromatic heterocycles. The Bertz CT molecular complexity index is 1260. The standard InChI is InChI=1S/C24H23FN4O3/c1-15-6-4-7-18(10-15)13-29-16(2)11-22(27-29)26-24(30)23-21(17(3)32-28-23)14-31-20-9-5-8-19(25)12-20/h4-12H,13-14H2,1-3H3,(H,26,27,30). The highest BCUT2D eigenvalue weighted by molar-refractivity contribution is 6.03. The number of nitrogens with one attached hydrogen (secondary N) is 1. The van der Waals surface area contributed by atoms with Gasteiger partial charge in [0.05, 0.1) is 12.1 Å². The first-order chi connectivity index (χ1) is 15.4. The van der Waals surface area contributed by atoms with Crippen LogP contribution in [0.25, 0.3) is 0 Å². The average molecular weight is 434 g/mol. The van der Waals surface area contributed by atoms with E-state index in [1.807, 2.05) is 36.7 Å². The Morgan fingerprint density at radius 3 is 2.72 bits per heavy atom. The van der Waals surface area contributed by atoms with Crippen LogP contribution in [0.2, 0.25) is 0 Å². The first-order valence-electron chi connectivity index (χ1n) is 10.1. The molecule has 0 radical (unpaired) electrons. The highest BCUT2D eigenvalue weighted by Crippen LogP contribution is 2.20. The van der Waals surface area contributed by atoms with Gasteiger partial charge in [-0.1, -0.05) is 41.1 Å². The van der Waals surface area contributed by atoms with Gasteiger partial charge in [0.15, 0.2) is 11.5 Å². The summed E-state index contributed by atoms with van der Waals surface area (Å²) in [5, 5.41) is 11.1. The number of ether oxygens (including phenoxy) is 1. The molecule has 7 nitrogen and oxygen atoms in total. The van der Waals surface area contributed by atoms with Gasteiger partial charge in [-0.25, -0.2) is 4.39 Å². The molecule has 0 saturated heterocycles. The summed E-state index contributed by atoms with van der Waals surface area (Å²) in [6, 6.07) is 15.8. The molecule has 1 N–H and O–H groups in total. The Kier molecular flexibility index (Phi) is 6.02. The summed E-state index contributed by atoms with van der Waals surface area (Å²) in [5.74, 6) is 0.354. The number of aryl methyl sites for hydroxylation is 3. The minimum atomic E-state index is -0.458. The van der Waals surface area contributed by atoms with Gasteiger partial charge >= 0.3 is 0 Å². The smallest absolute Gasteiger partial charge is 0.279 e. The fourth-order valence-electron chi connectivity index (χ4n) is 3.34.